The van der Waals surface area contributed by atoms with Gasteiger partial charge in [0.1, 0.15) is 5.82 Å². The van der Waals surface area contributed by atoms with Crippen molar-refractivity contribution in [2.45, 2.75) is 19.3 Å². The molecule has 1 aromatic heterocycles. The van der Waals surface area contributed by atoms with Crippen molar-refractivity contribution in [3.05, 3.63) is 59.4 Å². The number of benzene rings is 2. The van der Waals surface area contributed by atoms with E-state index in [1.807, 2.05) is 0 Å². The van der Waals surface area contributed by atoms with E-state index >= 15 is 0 Å². The molecule has 0 spiro atoms. The minimum absolute atomic E-state index is 0.197. The molecule has 186 valence electrons. The smallest absolute Gasteiger partial charge is 0.319 e. The van der Waals surface area contributed by atoms with Crippen molar-refractivity contribution in [1.82, 2.24) is 35.7 Å². The minimum Gasteiger partial charge on any atom is -0.345 e. The van der Waals surface area contributed by atoms with Crippen molar-refractivity contribution in [2.24, 2.45) is 7.05 Å². The van der Waals surface area contributed by atoms with Crippen LogP contribution in [-0.4, -0.2) is 70.8 Å². The number of rotatable bonds is 11. The summed E-state index contributed by atoms with van der Waals surface area (Å²) in [6, 6.07) is 11.2. The molecule has 0 fully saturated rings. The summed E-state index contributed by atoms with van der Waals surface area (Å²) in [7, 11) is 5.03. The number of nitrogens with zero attached hydrogens (tertiary/aromatic N) is 5. The Hall–Kier alpha value is -3.86. The lowest BCUT2D eigenvalue weighted by atomic mass is 10.1. The third-order valence-corrected chi connectivity index (χ3v) is 5.29. The zero-order valence-electron chi connectivity index (χ0n) is 20.2. The Morgan fingerprint density at radius 2 is 1.77 bits per heavy atom. The summed E-state index contributed by atoms with van der Waals surface area (Å²) in [4.78, 5) is 26.4. The topological polar surface area (TPSA) is 117 Å². The summed E-state index contributed by atoms with van der Waals surface area (Å²) in [6.07, 6.45) is 2.55. The molecular formula is C24H31FN8O2. The maximum Gasteiger partial charge on any atom is 0.319 e. The van der Waals surface area contributed by atoms with Gasteiger partial charge in [0.2, 0.25) is 0 Å². The largest absolute Gasteiger partial charge is 0.345 e. The highest BCUT2D eigenvalue weighted by atomic mass is 19.1. The first-order valence-electron chi connectivity index (χ1n) is 11.4. The summed E-state index contributed by atoms with van der Waals surface area (Å²) >= 11 is 0. The average Bonchev–Trinajstić information content (AvgIpc) is 3.27. The summed E-state index contributed by atoms with van der Waals surface area (Å²) in [5, 5.41) is 20.4. The van der Waals surface area contributed by atoms with Crippen LogP contribution < -0.4 is 16.0 Å². The fourth-order valence-electron chi connectivity index (χ4n) is 3.45. The molecular weight excluding hydrogens is 451 g/mol. The molecule has 0 atom stereocenters. The number of carbonyl (C=O) groups is 2. The number of hydrogen-bond acceptors (Lipinski definition) is 6. The standard InChI is InChI=1S/C24H31FN8O2/c1-32(2)23(34)19-14-18(22-29-30-31-33(22)3)15-21(16-19)28-24(35)27-12-5-4-11-26-13-10-17-6-8-20(25)9-7-17/h6-9,14-16,26H,4-5,10-13H2,1-3H3,(H2,27,28,35). The van der Waals surface area contributed by atoms with Gasteiger partial charge in [-0.25, -0.2) is 13.9 Å². The lowest BCUT2D eigenvalue weighted by molar-refractivity contribution is 0.0827. The number of carbonyl (C=O) groups excluding carboxylic acids is 2. The number of nitrogens with one attached hydrogen (secondary N) is 3. The van der Waals surface area contributed by atoms with Crippen LogP contribution in [0.1, 0.15) is 28.8 Å². The molecule has 2 aromatic carbocycles. The second-order valence-corrected chi connectivity index (χ2v) is 8.34. The Kier molecular flexibility index (Phi) is 9.24. The van der Waals surface area contributed by atoms with Gasteiger partial charge in [0.15, 0.2) is 5.82 Å². The fourth-order valence-corrected chi connectivity index (χ4v) is 3.45. The quantitative estimate of drug-likeness (QED) is 0.362. The third-order valence-electron chi connectivity index (χ3n) is 5.29. The third kappa shape index (κ3) is 7.85. The maximum atomic E-state index is 12.9. The first-order chi connectivity index (χ1) is 16.8. The van der Waals surface area contributed by atoms with E-state index in [1.165, 1.54) is 21.7 Å². The van der Waals surface area contributed by atoms with Gasteiger partial charge in [-0.3, -0.25) is 4.79 Å². The van der Waals surface area contributed by atoms with E-state index in [9.17, 15) is 14.0 Å². The molecule has 0 saturated carbocycles. The Labute approximate surface area is 203 Å². The van der Waals surface area contributed by atoms with Crippen molar-refractivity contribution in [3.63, 3.8) is 0 Å². The van der Waals surface area contributed by atoms with Crippen LogP contribution in [0.5, 0.6) is 0 Å². The van der Waals surface area contributed by atoms with Crippen LogP contribution in [0, 0.1) is 5.82 Å². The summed E-state index contributed by atoms with van der Waals surface area (Å²) in [5.41, 5.74) is 2.59. The lowest BCUT2D eigenvalue weighted by Gasteiger charge is -2.14. The van der Waals surface area contributed by atoms with Gasteiger partial charge in [-0.2, -0.15) is 0 Å². The van der Waals surface area contributed by atoms with E-state index in [1.54, 1.807) is 51.5 Å². The highest BCUT2D eigenvalue weighted by Crippen LogP contribution is 2.23. The van der Waals surface area contributed by atoms with Gasteiger partial charge < -0.3 is 20.9 Å². The van der Waals surface area contributed by atoms with E-state index in [0.717, 1.165) is 37.9 Å². The van der Waals surface area contributed by atoms with Gasteiger partial charge in [-0.15, -0.1) is 5.10 Å². The number of tetrazole rings is 1. The van der Waals surface area contributed by atoms with Crippen LogP contribution in [0.25, 0.3) is 11.4 Å². The monoisotopic (exact) mass is 482 g/mol. The SMILES string of the molecule is CN(C)C(=O)c1cc(NC(=O)NCCCCNCCc2ccc(F)cc2)cc(-c2nnnn2C)c1. The van der Waals surface area contributed by atoms with Crippen LogP contribution in [0.2, 0.25) is 0 Å². The van der Waals surface area contributed by atoms with E-state index in [4.69, 9.17) is 0 Å². The first kappa shape index (κ1) is 25.8. The molecule has 0 aliphatic rings. The van der Waals surface area contributed by atoms with Gasteiger partial charge in [-0.1, -0.05) is 12.1 Å². The van der Waals surface area contributed by atoms with E-state index in [-0.39, 0.29) is 17.8 Å². The van der Waals surface area contributed by atoms with Gasteiger partial charge in [-0.05, 0) is 78.7 Å². The summed E-state index contributed by atoms with van der Waals surface area (Å²) < 4.78 is 14.4. The summed E-state index contributed by atoms with van der Waals surface area (Å²) in [5.74, 6) is 0.0577. The molecule has 0 bridgehead atoms. The van der Waals surface area contributed by atoms with E-state index in [2.05, 4.69) is 31.5 Å². The van der Waals surface area contributed by atoms with Crippen LogP contribution >= 0.6 is 0 Å². The van der Waals surface area contributed by atoms with Crippen LogP contribution in [0.3, 0.4) is 0 Å². The molecule has 0 saturated heterocycles. The molecule has 0 unspecified atom stereocenters. The Morgan fingerprint density at radius 3 is 2.46 bits per heavy atom. The number of halogens is 1. The number of urea groups is 1. The molecule has 3 rings (SSSR count). The number of aryl methyl sites for hydroxylation is 1. The molecule has 0 aliphatic heterocycles. The maximum absolute atomic E-state index is 12.9. The number of unbranched alkanes of at least 4 members (excludes halogenated alkanes) is 1. The molecule has 11 heteroatoms. The summed E-state index contributed by atoms with van der Waals surface area (Å²) in [6.45, 7) is 2.15. The average molecular weight is 483 g/mol. The van der Waals surface area contributed by atoms with Crippen molar-refractivity contribution < 1.29 is 14.0 Å². The first-order valence-corrected chi connectivity index (χ1v) is 11.4. The molecule has 3 N–H and O–H groups in total. The molecule has 10 nitrogen and oxygen atoms in total. The van der Waals surface area contributed by atoms with Crippen molar-refractivity contribution >= 4 is 17.6 Å². The second-order valence-electron chi connectivity index (χ2n) is 8.34. The van der Waals surface area contributed by atoms with Gasteiger partial charge in [0.05, 0.1) is 0 Å². The van der Waals surface area contributed by atoms with Crippen molar-refractivity contribution in [1.29, 1.82) is 0 Å². The zero-order valence-corrected chi connectivity index (χ0v) is 20.2. The van der Waals surface area contributed by atoms with E-state index < -0.39 is 0 Å². The second kappa shape index (κ2) is 12.6. The van der Waals surface area contributed by atoms with Gasteiger partial charge in [0.25, 0.3) is 5.91 Å². The lowest BCUT2D eigenvalue weighted by Crippen LogP contribution is -2.30. The highest BCUT2D eigenvalue weighted by molar-refractivity contribution is 5.98. The van der Waals surface area contributed by atoms with Crippen molar-refractivity contribution in [2.75, 3.05) is 39.0 Å². The Morgan fingerprint density at radius 1 is 1.03 bits per heavy atom. The predicted molar refractivity (Wildman–Crippen MR) is 131 cm³/mol. The number of amides is 3. The van der Waals surface area contributed by atoms with Crippen molar-refractivity contribution in [3.8, 4) is 11.4 Å². The molecule has 0 aliphatic carbocycles. The van der Waals surface area contributed by atoms with Crippen LogP contribution in [0.4, 0.5) is 14.9 Å². The molecule has 1 heterocycles. The number of aromatic nitrogens is 4. The van der Waals surface area contributed by atoms with Crippen LogP contribution in [-0.2, 0) is 13.5 Å². The molecule has 0 radical (unpaired) electrons. The highest BCUT2D eigenvalue weighted by Gasteiger charge is 2.15. The minimum atomic E-state index is -0.356. The Balaban J connectivity index is 1.44. The molecule has 3 aromatic rings. The van der Waals surface area contributed by atoms with E-state index in [0.29, 0.717) is 29.2 Å². The van der Waals surface area contributed by atoms with Crippen LogP contribution in [0.15, 0.2) is 42.5 Å². The molecule has 3 amide bonds. The number of hydrogen-bond donors (Lipinski definition) is 3. The normalized spacial score (nSPS) is 10.7. The fraction of sp³-hybridized carbons (Fsp3) is 0.375. The Bertz CT molecular complexity index is 1130. The predicted octanol–water partition coefficient (Wildman–Crippen LogP) is 2.45. The molecule has 35 heavy (non-hydrogen) atoms. The zero-order chi connectivity index (χ0) is 25.2. The van der Waals surface area contributed by atoms with Gasteiger partial charge in [0, 0.05) is 44.5 Å². The van der Waals surface area contributed by atoms with Gasteiger partial charge >= 0.3 is 6.03 Å². The number of anilines is 1.